The Balaban J connectivity index is 2.00. The molecule has 0 fully saturated rings. The molecule has 0 spiro atoms. The molecule has 1 amide bonds. The molecule has 0 atom stereocenters. The lowest BCUT2D eigenvalue weighted by molar-refractivity contribution is -0.118. The van der Waals surface area contributed by atoms with Crippen LogP contribution in [0.5, 0.6) is 0 Å². The van der Waals surface area contributed by atoms with E-state index in [1.807, 2.05) is 17.5 Å². The zero-order chi connectivity index (χ0) is 11.4. The van der Waals surface area contributed by atoms with Gasteiger partial charge in [0.25, 0.3) is 0 Å². The van der Waals surface area contributed by atoms with Crippen molar-refractivity contribution in [2.45, 2.75) is 6.54 Å². The summed E-state index contributed by atoms with van der Waals surface area (Å²) in [6.07, 6.45) is 1.53. The zero-order valence-electron chi connectivity index (χ0n) is 8.27. The number of nitrogens with one attached hydrogen (secondary N) is 1. The number of carbonyl (C=O) groups excluding carboxylic acids is 1. The number of hydrogen-bond acceptors (Lipinski definition) is 4. The average Bonchev–Trinajstić information content (AvgIpc) is 2.95. The van der Waals surface area contributed by atoms with E-state index in [4.69, 9.17) is 16.0 Å². The van der Waals surface area contributed by atoms with Gasteiger partial charge in [-0.1, -0.05) is 6.07 Å². The van der Waals surface area contributed by atoms with Crippen molar-refractivity contribution in [1.29, 1.82) is 0 Å². The molecule has 2 heterocycles. The number of nitrogens with zero attached hydrogens (tertiary/aromatic N) is 1. The van der Waals surface area contributed by atoms with Crippen molar-refractivity contribution in [1.82, 2.24) is 10.3 Å². The van der Waals surface area contributed by atoms with Gasteiger partial charge in [0.05, 0.1) is 17.1 Å². The summed E-state index contributed by atoms with van der Waals surface area (Å²) in [6, 6.07) is 3.86. The summed E-state index contributed by atoms with van der Waals surface area (Å²) >= 11 is 6.90. The van der Waals surface area contributed by atoms with Gasteiger partial charge in [-0.15, -0.1) is 22.9 Å². The molecule has 0 saturated carbocycles. The summed E-state index contributed by atoms with van der Waals surface area (Å²) < 4.78 is 5.29. The van der Waals surface area contributed by atoms with Crippen LogP contribution in [0, 0.1) is 0 Å². The van der Waals surface area contributed by atoms with Gasteiger partial charge in [0.2, 0.25) is 11.8 Å². The van der Waals surface area contributed by atoms with E-state index in [-0.39, 0.29) is 11.8 Å². The molecular weight excluding hydrogens is 248 g/mol. The summed E-state index contributed by atoms with van der Waals surface area (Å²) in [5, 5.41) is 4.57. The first-order chi connectivity index (χ1) is 7.79. The van der Waals surface area contributed by atoms with E-state index in [9.17, 15) is 4.79 Å². The van der Waals surface area contributed by atoms with Gasteiger partial charge >= 0.3 is 0 Å². The average molecular weight is 257 g/mol. The van der Waals surface area contributed by atoms with Gasteiger partial charge in [-0.05, 0) is 11.4 Å². The smallest absolute Gasteiger partial charge is 0.236 e. The van der Waals surface area contributed by atoms with Crippen LogP contribution >= 0.6 is 22.9 Å². The molecule has 1 N–H and O–H groups in total. The Labute approximate surface area is 101 Å². The maximum Gasteiger partial charge on any atom is 0.236 e. The predicted octanol–water partition coefficient (Wildman–Crippen LogP) is 2.26. The van der Waals surface area contributed by atoms with Crippen molar-refractivity contribution >= 4 is 28.8 Å². The SMILES string of the molecule is O=C(CCl)NCc1coc(-c2cccs2)n1. The third kappa shape index (κ3) is 2.62. The number of alkyl halides is 1. The maximum absolute atomic E-state index is 10.9. The molecule has 2 rings (SSSR count). The number of carbonyl (C=O) groups is 1. The molecule has 0 aromatic carbocycles. The van der Waals surface area contributed by atoms with Crippen molar-refractivity contribution in [2.24, 2.45) is 0 Å². The summed E-state index contributed by atoms with van der Waals surface area (Å²) in [7, 11) is 0. The van der Waals surface area contributed by atoms with E-state index in [0.29, 0.717) is 18.1 Å². The fraction of sp³-hybridized carbons (Fsp3) is 0.200. The molecule has 0 unspecified atom stereocenters. The minimum atomic E-state index is -0.220. The highest BCUT2D eigenvalue weighted by atomic mass is 35.5. The van der Waals surface area contributed by atoms with Crippen LogP contribution < -0.4 is 5.32 Å². The first-order valence-electron chi connectivity index (χ1n) is 4.60. The van der Waals surface area contributed by atoms with Gasteiger partial charge < -0.3 is 9.73 Å². The lowest BCUT2D eigenvalue weighted by atomic mass is 10.4. The second-order valence-electron chi connectivity index (χ2n) is 3.03. The third-order valence-electron chi connectivity index (χ3n) is 1.87. The fourth-order valence-electron chi connectivity index (χ4n) is 1.14. The highest BCUT2D eigenvalue weighted by molar-refractivity contribution is 7.13. The molecule has 2 aromatic heterocycles. The quantitative estimate of drug-likeness (QED) is 0.854. The minimum absolute atomic E-state index is 0.0460. The molecule has 0 radical (unpaired) electrons. The standard InChI is InChI=1S/C10H9ClN2O2S/c11-4-9(14)12-5-7-6-15-10(13-7)8-2-1-3-16-8/h1-3,6H,4-5H2,(H,12,14). The highest BCUT2D eigenvalue weighted by Crippen LogP contribution is 2.23. The Hall–Kier alpha value is -1.33. The van der Waals surface area contributed by atoms with E-state index in [0.717, 1.165) is 4.88 Å². The number of hydrogen-bond donors (Lipinski definition) is 1. The van der Waals surface area contributed by atoms with Gasteiger partial charge in [-0.25, -0.2) is 4.98 Å². The first kappa shape index (κ1) is 11.2. The van der Waals surface area contributed by atoms with Crippen molar-refractivity contribution in [3.63, 3.8) is 0 Å². The monoisotopic (exact) mass is 256 g/mol. The molecule has 4 nitrogen and oxygen atoms in total. The number of oxazole rings is 1. The highest BCUT2D eigenvalue weighted by Gasteiger charge is 2.07. The number of halogens is 1. The van der Waals surface area contributed by atoms with Gasteiger partial charge in [-0.3, -0.25) is 4.79 Å². The van der Waals surface area contributed by atoms with Crippen molar-refractivity contribution in [3.05, 3.63) is 29.5 Å². The van der Waals surface area contributed by atoms with Crippen molar-refractivity contribution < 1.29 is 9.21 Å². The molecule has 16 heavy (non-hydrogen) atoms. The van der Waals surface area contributed by atoms with Crippen LogP contribution in [0.1, 0.15) is 5.69 Å². The van der Waals surface area contributed by atoms with Crippen LogP contribution in [0.25, 0.3) is 10.8 Å². The fourth-order valence-corrected chi connectivity index (χ4v) is 1.89. The molecule has 0 aliphatic rings. The van der Waals surface area contributed by atoms with Crippen LogP contribution in [0.3, 0.4) is 0 Å². The topological polar surface area (TPSA) is 55.1 Å². The summed E-state index contributed by atoms with van der Waals surface area (Å²) in [5.74, 6) is 0.308. The normalized spacial score (nSPS) is 10.3. The predicted molar refractivity (Wildman–Crippen MR) is 62.4 cm³/mol. The summed E-state index contributed by atoms with van der Waals surface area (Å²) in [6.45, 7) is 0.334. The zero-order valence-corrected chi connectivity index (χ0v) is 9.85. The Bertz CT molecular complexity index is 467. The van der Waals surface area contributed by atoms with E-state index in [1.165, 1.54) is 6.26 Å². The minimum Gasteiger partial charge on any atom is -0.443 e. The Morgan fingerprint density at radius 2 is 2.50 bits per heavy atom. The summed E-state index contributed by atoms with van der Waals surface area (Å²) in [4.78, 5) is 16.1. The Kier molecular flexibility index (Phi) is 3.58. The van der Waals surface area contributed by atoms with Gasteiger partial charge in [0.1, 0.15) is 12.1 Å². The van der Waals surface area contributed by atoms with E-state index in [1.54, 1.807) is 11.3 Å². The second kappa shape index (κ2) is 5.14. The first-order valence-corrected chi connectivity index (χ1v) is 6.02. The molecule has 2 aromatic rings. The van der Waals surface area contributed by atoms with E-state index >= 15 is 0 Å². The lowest BCUT2D eigenvalue weighted by Crippen LogP contribution is -2.23. The lowest BCUT2D eigenvalue weighted by Gasteiger charge is -1.97. The Morgan fingerprint density at radius 1 is 1.62 bits per heavy atom. The van der Waals surface area contributed by atoms with Gasteiger partial charge in [0, 0.05) is 0 Å². The molecule has 6 heteroatoms. The summed E-state index contributed by atoms with van der Waals surface area (Å²) in [5.41, 5.74) is 0.682. The molecule has 0 aliphatic carbocycles. The number of aromatic nitrogens is 1. The van der Waals surface area contributed by atoms with Crippen LogP contribution in [0.15, 0.2) is 28.2 Å². The van der Waals surface area contributed by atoms with E-state index < -0.39 is 0 Å². The number of amides is 1. The van der Waals surface area contributed by atoms with Crippen LogP contribution in [0.2, 0.25) is 0 Å². The molecular formula is C10H9ClN2O2S. The molecule has 0 saturated heterocycles. The van der Waals surface area contributed by atoms with Crippen LogP contribution in [-0.4, -0.2) is 16.8 Å². The molecule has 0 bridgehead atoms. The third-order valence-corrected chi connectivity index (χ3v) is 2.97. The molecule has 0 aliphatic heterocycles. The number of thiophene rings is 1. The van der Waals surface area contributed by atoms with Crippen LogP contribution in [0.4, 0.5) is 0 Å². The van der Waals surface area contributed by atoms with Crippen molar-refractivity contribution in [3.8, 4) is 10.8 Å². The van der Waals surface area contributed by atoms with Crippen molar-refractivity contribution in [2.75, 3.05) is 5.88 Å². The largest absolute Gasteiger partial charge is 0.443 e. The van der Waals surface area contributed by atoms with Gasteiger partial charge in [-0.2, -0.15) is 0 Å². The second-order valence-corrected chi connectivity index (χ2v) is 4.25. The van der Waals surface area contributed by atoms with Crippen LogP contribution in [-0.2, 0) is 11.3 Å². The maximum atomic E-state index is 10.9. The van der Waals surface area contributed by atoms with E-state index in [2.05, 4.69) is 10.3 Å². The molecule has 84 valence electrons. The Morgan fingerprint density at radius 3 is 3.19 bits per heavy atom. The number of rotatable bonds is 4. The van der Waals surface area contributed by atoms with Gasteiger partial charge in [0.15, 0.2) is 0 Å².